The predicted molar refractivity (Wildman–Crippen MR) is 68.3 cm³/mol. The van der Waals surface area contributed by atoms with Crippen molar-refractivity contribution in [1.29, 1.82) is 0 Å². The molecule has 0 aliphatic rings. The minimum atomic E-state index is -0.414. The zero-order chi connectivity index (χ0) is 12.9. The molecule has 0 aromatic carbocycles. The van der Waals surface area contributed by atoms with E-state index in [9.17, 15) is 4.79 Å². The van der Waals surface area contributed by atoms with Gasteiger partial charge in [-0.05, 0) is 48.0 Å². The van der Waals surface area contributed by atoms with Crippen LogP contribution >= 0.6 is 0 Å². The summed E-state index contributed by atoms with van der Waals surface area (Å²) < 4.78 is 5.23. The average molecular weight is 224 g/mol. The molecule has 0 aliphatic carbocycles. The molecule has 0 N–H and O–H groups in total. The topological polar surface area (TPSA) is 26.3 Å². The first-order chi connectivity index (χ1) is 7.11. The van der Waals surface area contributed by atoms with Gasteiger partial charge in [-0.2, -0.15) is 0 Å². The van der Waals surface area contributed by atoms with Gasteiger partial charge in [0.2, 0.25) is 0 Å². The minimum Gasteiger partial charge on any atom is -0.460 e. The molecule has 16 heavy (non-hydrogen) atoms. The van der Waals surface area contributed by atoms with Crippen LogP contribution in [0.4, 0.5) is 0 Å². The third-order valence-electron chi connectivity index (χ3n) is 2.18. The van der Waals surface area contributed by atoms with E-state index in [1.165, 1.54) is 11.1 Å². The van der Waals surface area contributed by atoms with Gasteiger partial charge >= 0.3 is 5.97 Å². The van der Waals surface area contributed by atoms with Gasteiger partial charge in [0.25, 0.3) is 0 Å². The second kappa shape index (κ2) is 5.88. The number of allylic oxidation sites excluding steroid dienone is 2. The Hall–Kier alpha value is -1.05. The lowest BCUT2D eigenvalue weighted by atomic mass is 10.0. The van der Waals surface area contributed by atoms with Crippen LogP contribution in [-0.4, -0.2) is 11.6 Å². The van der Waals surface area contributed by atoms with Crippen LogP contribution in [0.3, 0.4) is 0 Å². The van der Waals surface area contributed by atoms with Crippen molar-refractivity contribution in [3.05, 3.63) is 23.3 Å². The van der Waals surface area contributed by atoms with Crippen molar-refractivity contribution in [3.8, 4) is 0 Å². The van der Waals surface area contributed by atoms with E-state index in [0.29, 0.717) is 6.42 Å². The lowest BCUT2D eigenvalue weighted by Gasteiger charge is -2.20. The van der Waals surface area contributed by atoms with Gasteiger partial charge < -0.3 is 4.74 Å². The number of esters is 1. The van der Waals surface area contributed by atoms with Crippen LogP contribution in [0.25, 0.3) is 0 Å². The predicted octanol–water partition coefficient (Wildman–Crippen LogP) is 4.02. The summed E-state index contributed by atoms with van der Waals surface area (Å²) in [4.78, 5) is 11.5. The van der Waals surface area contributed by atoms with E-state index in [-0.39, 0.29) is 5.97 Å². The summed E-state index contributed by atoms with van der Waals surface area (Å²) in [5.41, 5.74) is 3.05. The standard InChI is InChI=1S/C14H24O2/c1-10(2)12(4)8-11(3)9-13(15)16-14(5,6)7/h3,8-9H2,1-2,4-7H3. The minimum absolute atomic E-state index is 0.195. The summed E-state index contributed by atoms with van der Waals surface area (Å²) in [6.07, 6.45) is 1.09. The lowest BCUT2D eigenvalue weighted by Crippen LogP contribution is -2.23. The molecule has 0 radical (unpaired) electrons. The lowest BCUT2D eigenvalue weighted by molar-refractivity contribution is -0.153. The Labute approximate surface area is 99.4 Å². The quantitative estimate of drug-likeness (QED) is 0.532. The Morgan fingerprint density at radius 1 is 1.12 bits per heavy atom. The van der Waals surface area contributed by atoms with Gasteiger partial charge in [-0.1, -0.05) is 23.3 Å². The Morgan fingerprint density at radius 3 is 2.00 bits per heavy atom. The van der Waals surface area contributed by atoms with Crippen molar-refractivity contribution in [2.45, 2.75) is 60.0 Å². The third kappa shape index (κ3) is 7.27. The Bertz CT molecular complexity index is 299. The highest BCUT2D eigenvalue weighted by Gasteiger charge is 2.16. The maximum Gasteiger partial charge on any atom is 0.310 e. The van der Waals surface area contributed by atoms with Crippen LogP contribution < -0.4 is 0 Å². The summed E-state index contributed by atoms with van der Waals surface area (Å²) in [5, 5.41) is 0. The van der Waals surface area contributed by atoms with Crippen molar-refractivity contribution in [2.24, 2.45) is 0 Å². The highest BCUT2D eigenvalue weighted by Crippen LogP contribution is 2.17. The molecular formula is C14H24O2. The van der Waals surface area contributed by atoms with E-state index in [1.54, 1.807) is 0 Å². The average Bonchev–Trinajstić information content (AvgIpc) is 1.98. The fraction of sp³-hybridized carbons (Fsp3) is 0.643. The molecule has 0 aromatic rings. The van der Waals surface area contributed by atoms with E-state index in [0.717, 1.165) is 12.0 Å². The van der Waals surface area contributed by atoms with Gasteiger partial charge in [-0.15, -0.1) is 0 Å². The van der Waals surface area contributed by atoms with Gasteiger partial charge in [0.05, 0.1) is 6.42 Å². The van der Waals surface area contributed by atoms with E-state index >= 15 is 0 Å². The van der Waals surface area contributed by atoms with E-state index in [4.69, 9.17) is 4.74 Å². The number of rotatable bonds is 4. The van der Waals surface area contributed by atoms with Crippen molar-refractivity contribution < 1.29 is 9.53 Å². The van der Waals surface area contributed by atoms with Gasteiger partial charge in [0.15, 0.2) is 0 Å². The zero-order valence-corrected chi connectivity index (χ0v) is 11.4. The second-order valence-corrected chi connectivity index (χ2v) is 5.47. The molecule has 0 atom stereocenters. The molecule has 0 saturated carbocycles. The SMILES string of the molecule is C=C(CC(=O)OC(C)(C)C)CC(C)=C(C)C. The molecule has 0 aromatic heterocycles. The molecule has 0 aliphatic heterocycles. The number of ether oxygens (including phenoxy) is 1. The van der Waals surface area contributed by atoms with Crippen LogP contribution in [0.15, 0.2) is 23.3 Å². The molecule has 2 heteroatoms. The van der Waals surface area contributed by atoms with E-state index in [1.807, 2.05) is 20.8 Å². The summed E-state index contributed by atoms with van der Waals surface area (Å²) in [7, 11) is 0. The van der Waals surface area contributed by atoms with Gasteiger partial charge in [0.1, 0.15) is 5.60 Å². The number of carbonyl (C=O) groups is 1. The summed E-state index contributed by atoms with van der Waals surface area (Å²) in [6.45, 7) is 15.7. The Balaban J connectivity index is 4.18. The third-order valence-corrected chi connectivity index (χ3v) is 2.18. The first-order valence-electron chi connectivity index (χ1n) is 5.63. The van der Waals surface area contributed by atoms with Crippen LogP contribution in [0.2, 0.25) is 0 Å². The van der Waals surface area contributed by atoms with Crippen molar-refractivity contribution >= 4 is 5.97 Å². The maximum absolute atomic E-state index is 11.5. The largest absolute Gasteiger partial charge is 0.460 e. The summed E-state index contributed by atoms with van der Waals surface area (Å²) in [5.74, 6) is -0.195. The summed E-state index contributed by atoms with van der Waals surface area (Å²) >= 11 is 0. The molecule has 0 spiro atoms. The molecule has 0 rings (SSSR count). The van der Waals surface area contributed by atoms with Crippen LogP contribution in [0, 0.1) is 0 Å². The highest BCUT2D eigenvalue weighted by atomic mass is 16.6. The summed E-state index contributed by atoms with van der Waals surface area (Å²) in [6, 6.07) is 0. The van der Waals surface area contributed by atoms with Crippen LogP contribution in [0.1, 0.15) is 54.4 Å². The molecule has 92 valence electrons. The number of hydrogen-bond acceptors (Lipinski definition) is 2. The van der Waals surface area contributed by atoms with Gasteiger partial charge in [-0.25, -0.2) is 0 Å². The van der Waals surface area contributed by atoms with Crippen molar-refractivity contribution in [2.75, 3.05) is 0 Å². The molecule has 2 nitrogen and oxygen atoms in total. The maximum atomic E-state index is 11.5. The molecule has 0 fully saturated rings. The smallest absolute Gasteiger partial charge is 0.310 e. The highest BCUT2D eigenvalue weighted by molar-refractivity contribution is 5.72. The number of carbonyl (C=O) groups excluding carboxylic acids is 1. The Kier molecular flexibility index (Phi) is 5.49. The van der Waals surface area contributed by atoms with Crippen molar-refractivity contribution in [3.63, 3.8) is 0 Å². The second-order valence-electron chi connectivity index (χ2n) is 5.47. The van der Waals surface area contributed by atoms with Crippen molar-refractivity contribution in [1.82, 2.24) is 0 Å². The molecule has 0 unspecified atom stereocenters. The monoisotopic (exact) mass is 224 g/mol. The molecule has 0 amide bonds. The first-order valence-corrected chi connectivity index (χ1v) is 5.63. The van der Waals surface area contributed by atoms with Crippen LogP contribution in [-0.2, 0) is 9.53 Å². The number of hydrogen-bond donors (Lipinski definition) is 0. The Morgan fingerprint density at radius 2 is 1.62 bits per heavy atom. The fourth-order valence-corrected chi connectivity index (χ4v) is 1.20. The molecule has 0 heterocycles. The fourth-order valence-electron chi connectivity index (χ4n) is 1.20. The van der Waals surface area contributed by atoms with Crippen LogP contribution in [0.5, 0.6) is 0 Å². The van der Waals surface area contributed by atoms with E-state index < -0.39 is 5.60 Å². The zero-order valence-electron chi connectivity index (χ0n) is 11.4. The first kappa shape index (κ1) is 14.9. The van der Waals surface area contributed by atoms with Gasteiger partial charge in [-0.3, -0.25) is 4.79 Å². The van der Waals surface area contributed by atoms with Gasteiger partial charge in [0, 0.05) is 0 Å². The van der Waals surface area contributed by atoms with E-state index in [2.05, 4.69) is 27.4 Å². The molecule has 0 bridgehead atoms. The normalized spacial score (nSPS) is 10.9. The molecular weight excluding hydrogens is 200 g/mol. The molecule has 0 saturated heterocycles.